The van der Waals surface area contributed by atoms with E-state index in [9.17, 15) is 18.3 Å². The number of para-hydroxylation sites is 1. The summed E-state index contributed by atoms with van der Waals surface area (Å²) in [4.78, 5) is 6.62. The van der Waals surface area contributed by atoms with Gasteiger partial charge in [0, 0.05) is 25.0 Å². The number of hydrogen-bond donors (Lipinski definition) is 1. The summed E-state index contributed by atoms with van der Waals surface area (Å²) >= 11 is 0. The molecule has 0 spiro atoms. The summed E-state index contributed by atoms with van der Waals surface area (Å²) in [5.74, 6) is 0.157. The summed E-state index contributed by atoms with van der Waals surface area (Å²) in [5, 5.41) is 10.8. The number of hydrogen-bond acceptors (Lipinski definition) is 3. The second kappa shape index (κ2) is 9.54. The molecule has 3 nitrogen and oxygen atoms in total. The Morgan fingerprint density at radius 1 is 1.03 bits per heavy atom. The number of fused-ring (bicyclic) bond motifs is 1. The van der Waals surface area contributed by atoms with Crippen molar-refractivity contribution in [2.24, 2.45) is 0 Å². The number of rotatable bonds is 4. The second-order valence-electron chi connectivity index (χ2n) is 7.38. The van der Waals surface area contributed by atoms with Crippen LogP contribution in [0.1, 0.15) is 23.2 Å². The van der Waals surface area contributed by atoms with Crippen LogP contribution in [0, 0.1) is 0 Å². The van der Waals surface area contributed by atoms with Crippen LogP contribution in [0.4, 0.5) is 13.2 Å². The number of pyridine rings is 1. The van der Waals surface area contributed by atoms with Crippen molar-refractivity contribution in [2.75, 3.05) is 13.1 Å². The van der Waals surface area contributed by atoms with Crippen molar-refractivity contribution in [3.8, 4) is 5.75 Å². The van der Waals surface area contributed by atoms with Crippen LogP contribution in [0.2, 0.25) is 0 Å². The smallest absolute Gasteiger partial charge is 0.416 e. The van der Waals surface area contributed by atoms with E-state index in [-0.39, 0.29) is 18.2 Å². The summed E-state index contributed by atoms with van der Waals surface area (Å²) in [6, 6.07) is 14.6. The average Bonchev–Trinajstić information content (AvgIpc) is 2.73. The van der Waals surface area contributed by atoms with Gasteiger partial charge in [0.25, 0.3) is 0 Å². The molecule has 162 valence electrons. The van der Waals surface area contributed by atoms with E-state index in [0.29, 0.717) is 24.2 Å². The Balaban J connectivity index is 0.00000272. The lowest BCUT2D eigenvalue weighted by Crippen LogP contribution is -2.28. The van der Waals surface area contributed by atoms with Crippen molar-refractivity contribution in [2.45, 2.75) is 19.1 Å². The van der Waals surface area contributed by atoms with Crippen molar-refractivity contribution in [3.63, 3.8) is 0 Å². The predicted molar refractivity (Wildman–Crippen MR) is 119 cm³/mol. The number of aromatic hydroxyl groups is 1. The number of nitrogens with zero attached hydrogens (tertiary/aromatic N) is 2. The monoisotopic (exact) mass is 446 g/mol. The molecule has 1 aromatic heterocycles. The highest BCUT2D eigenvalue weighted by Crippen LogP contribution is 2.30. The van der Waals surface area contributed by atoms with E-state index in [1.54, 1.807) is 18.2 Å². The maximum atomic E-state index is 12.9. The lowest BCUT2D eigenvalue weighted by atomic mass is 10.1. The first-order chi connectivity index (χ1) is 14.4. The van der Waals surface area contributed by atoms with Gasteiger partial charge in [-0.2, -0.15) is 13.2 Å². The van der Waals surface area contributed by atoms with Crippen molar-refractivity contribution < 1.29 is 18.3 Å². The standard InChI is InChI=1S/C24H21F3N2O.ClH/c25-24(26,27)20-5-1-3-18(15-20)16-29-13-11-17(12-14-29)7-9-21-10-8-19-4-2-6-22(30)23(19)28-21;/h1-11,15,30H,12-14,16H2;1H/b9-7+;. The third-order valence-electron chi connectivity index (χ3n) is 5.18. The summed E-state index contributed by atoms with van der Waals surface area (Å²) in [5.41, 5.74) is 2.55. The molecular formula is C24H22ClF3N2O. The topological polar surface area (TPSA) is 36.4 Å². The van der Waals surface area contributed by atoms with Gasteiger partial charge in [-0.3, -0.25) is 4.90 Å². The second-order valence-corrected chi connectivity index (χ2v) is 7.38. The molecule has 2 aromatic carbocycles. The van der Waals surface area contributed by atoms with Gasteiger partial charge in [0.05, 0.1) is 11.3 Å². The Hall–Kier alpha value is -2.83. The van der Waals surface area contributed by atoms with E-state index in [4.69, 9.17) is 0 Å². The minimum absolute atomic E-state index is 0. The first-order valence-electron chi connectivity index (χ1n) is 9.73. The van der Waals surface area contributed by atoms with E-state index in [1.165, 1.54) is 12.1 Å². The van der Waals surface area contributed by atoms with Crippen LogP contribution in [0.3, 0.4) is 0 Å². The van der Waals surface area contributed by atoms with Crippen LogP contribution < -0.4 is 0 Å². The lowest BCUT2D eigenvalue weighted by molar-refractivity contribution is -0.137. The fourth-order valence-corrected chi connectivity index (χ4v) is 3.56. The number of phenols is 1. The first kappa shape index (κ1) is 22.8. The van der Waals surface area contributed by atoms with Gasteiger partial charge < -0.3 is 5.11 Å². The maximum Gasteiger partial charge on any atom is 0.416 e. The van der Waals surface area contributed by atoms with E-state index in [2.05, 4.69) is 16.0 Å². The molecule has 0 amide bonds. The molecule has 0 unspecified atom stereocenters. The van der Waals surface area contributed by atoms with E-state index in [0.717, 1.165) is 35.7 Å². The molecule has 0 atom stereocenters. The zero-order valence-electron chi connectivity index (χ0n) is 16.6. The van der Waals surface area contributed by atoms with Crippen LogP contribution in [0.25, 0.3) is 17.0 Å². The number of benzene rings is 2. The third kappa shape index (κ3) is 5.66. The van der Waals surface area contributed by atoms with Gasteiger partial charge in [-0.15, -0.1) is 12.4 Å². The molecule has 0 radical (unpaired) electrons. The number of allylic oxidation sites excluding steroid dienone is 1. The van der Waals surface area contributed by atoms with E-state index < -0.39 is 11.7 Å². The summed E-state index contributed by atoms with van der Waals surface area (Å²) in [6.45, 7) is 1.95. The van der Waals surface area contributed by atoms with Gasteiger partial charge in [-0.05, 0) is 41.8 Å². The fourth-order valence-electron chi connectivity index (χ4n) is 3.56. The molecule has 2 heterocycles. The molecule has 3 aromatic rings. The van der Waals surface area contributed by atoms with Gasteiger partial charge >= 0.3 is 6.18 Å². The third-order valence-corrected chi connectivity index (χ3v) is 5.18. The molecule has 7 heteroatoms. The van der Waals surface area contributed by atoms with Crippen LogP contribution in [-0.2, 0) is 12.7 Å². The highest BCUT2D eigenvalue weighted by Gasteiger charge is 2.30. The van der Waals surface area contributed by atoms with Crippen LogP contribution in [0.15, 0.2) is 72.3 Å². The molecule has 0 aliphatic carbocycles. The number of aromatic nitrogens is 1. The molecule has 0 saturated carbocycles. The van der Waals surface area contributed by atoms with Gasteiger partial charge in [0.15, 0.2) is 0 Å². The molecule has 0 bridgehead atoms. The van der Waals surface area contributed by atoms with Gasteiger partial charge in [0.1, 0.15) is 11.3 Å². The quantitative estimate of drug-likeness (QED) is 0.516. The number of phenolic OH excluding ortho intramolecular Hbond substituents is 1. The Morgan fingerprint density at radius 3 is 2.58 bits per heavy atom. The molecule has 1 aliphatic rings. The Kier molecular flexibility index (Phi) is 7.03. The Labute approximate surface area is 184 Å². The molecular weight excluding hydrogens is 425 g/mol. The normalized spacial score (nSPS) is 15.1. The van der Waals surface area contributed by atoms with Gasteiger partial charge in [-0.25, -0.2) is 4.98 Å². The summed E-state index contributed by atoms with van der Waals surface area (Å²) < 4.78 is 38.6. The summed E-state index contributed by atoms with van der Waals surface area (Å²) in [6.07, 6.45) is 2.51. The van der Waals surface area contributed by atoms with Crippen molar-refractivity contribution in [1.29, 1.82) is 0 Å². The Morgan fingerprint density at radius 2 is 1.84 bits per heavy atom. The van der Waals surface area contributed by atoms with E-state index >= 15 is 0 Å². The van der Waals surface area contributed by atoms with Gasteiger partial charge in [-0.1, -0.05) is 48.6 Å². The molecule has 0 saturated heterocycles. The molecule has 31 heavy (non-hydrogen) atoms. The van der Waals surface area contributed by atoms with Crippen LogP contribution >= 0.6 is 12.4 Å². The van der Waals surface area contributed by atoms with Crippen LogP contribution in [0.5, 0.6) is 5.75 Å². The zero-order chi connectivity index (χ0) is 21.1. The van der Waals surface area contributed by atoms with Gasteiger partial charge in [0.2, 0.25) is 0 Å². The SMILES string of the molecule is Cl.Oc1cccc2ccc(/C=C/C3=CCN(Cc4cccc(C(F)(F)F)c4)CC3)nc12. The Bertz CT molecular complexity index is 1130. The van der Waals surface area contributed by atoms with E-state index in [1.807, 2.05) is 30.4 Å². The number of halogens is 4. The van der Waals surface area contributed by atoms with Crippen molar-refractivity contribution in [1.82, 2.24) is 9.88 Å². The lowest BCUT2D eigenvalue weighted by Gasteiger charge is -2.25. The summed E-state index contributed by atoms with van der Waals surface area (Å²) in [7, 11) is 0. The molecule has 4 rings (SSSR count). The largest absolute Gasteiger partial charge is 0.506 e. The molecule has 0 fully saturated rings. The molecule has 1 aliphatic heterocycles. The van der Waals surface area contributed by atoms with Crippen LogP contribution in [-0.4, -0.2) is 28.1 Å². The van der Waals surface area contributed by atoms with Crippen molar-refractivity contribution >= 4 is 29.4 Å². The number of alkyl halides is 3. The minimum Gasteiger partial charge on any atom is -0.506 e. The maximum absolute atomic E-state index is 12.9. The predicted octanol–water partition coefficient (Wildman–Crippen LogP) is 6.23. The zero-order valence-corrected chi connectivity index (χ0v) is 17.5. The average molecular weight is 447 g/mol. The highest BCUT2D eigenvalue weighted by molar-refractivity contribution is 5.85. The minimum atomic E-state index is -4.32. The fraction of sp³-hybridized carbons (Fsp3) is 0.208. The van der Waals surface area contributed by atoms with Crippen molar-refractivity contribution in [3.05, 3.63) is 89.1 Å². The highest BCUT2D eigenvalue weighted by atomic mass is 35.5. The molecule has 1 N–H and O–H groups in total. The first-order valence-corrected chi connectivity index (χ1v) is 9.73.